The maximum absolute atomic E-state index is 11.5. The Hall–Kier alpha value is -0.170. The molecule has 0 aromatic carbocycles. The van der Waals surface area contributed by atoms with Crippen molar-refractivity contribution >= 4 is 10.0 Å². The zero-order valence-electron chi connectivity index (χ0n) is 10.5. The molecule has 1 unspecified atom stereocenters. The highest BCUT2D eigenvalue weighted by Crippen LogP contribution is 2.23. The highest BCUT2D eigenvalue weighted by atomic mass is 32.2. The number of nitrogens with two attached hydrogens (primary N) is 1. The summed E-state index contributed by atoms with van der Waals surface area (Å²) in [6, 6.07) is 0. The maximum Gasteiger partial charge on any atom is 0.211 e. The predicted octanol–water partition coefficient (Wildman–Crippen LogP) is -0.451. The van der Waals surface area contributed by atoms with Crippen molar-refractivity contribution in [3.8, 4) is 0 Å². The van der Waals surface area contributed by atoms with Gasteiger partial charge in [-0.15, -0.1) is 0 Å². The van der Waals surface area contributed by atoms with Crippen molar-refractivity contribution in [1.82, 2.24) is 9.21 Å². The van der Waals surface area contributed by atoms with Crippen molar-refractivity contribution in [1.29, 1.82) is 0 Å². The molecule has 0 radical (unpaired) electrons. The van der Waals surface area contributed by atoms with Gasteiger partial charge in [0.05, 0.1) is 6.26 Å². The van der Waals surface area contributed by atoms with E-state index in [0.717, 1.165) is 39.0 Å². The molecular weight excluding hydrogens is 238 g/mol. The van der Waals surface area contributed by atoms with Gasteiger partial charge in [0.25, 0.3) is 0 Å². The average molecular weight is 261 g/mol. The quantitative estimate of drug-likeness (QED) is 0.744. The molecule has 0 aromatic rings. The molecule has 0 bridgehead atoms. The third-order valence-electron chi connectivity index (χ3n) is 3.83. The lowest BCUT2D eigenvalue weighted by atomic mass is 9.94. The largest absolute Gasteiger partial charge is 0.330 e. The number of nitrogens with zero attached hydrogens (tertiary/aromatic N) is 2. The molecule has 2 fully saturated rings. The van der Waals surface area contributed by atoms with Crippen LogP contribution in [0.5, 0.6) is 0 Å². The summed E-state index contributed by atoms with van der Waals surface area (Å²) in [5.41, 5.74) is 5.59. The van der Waals surface area contributed by atoms with Crippen molar-refractivity contribution in [2.45, 2.75) is 12.8 Å². The van der Waals surface area contributed by atoms with Gasteiger partial charge in [-0.3, -0.25) is 0 Å². The molecule has 5 nitrogen and oxygen atoms in total. The van der Waals surface area contributed by atoms with Crippen LogP contribution in [0, 0.1) is 11.8 Å². The number of hydrogen-bond donors (Lipinski definition) is 1. The van der Waals surface area contributed by atoms with Crippen LogP contribution in [0.15, 0.2) is 0 Å². The van der Waals surface area contributed by atoms with E-state index >= 15 is 0 Å². The van der Waals surface area contributed by atoms with Gasteiger partial charge in [0.1, 0.15) is 0 Å². The number of piperidine rings is 1. The third kappa shape index (κ3) is 3.40. The molecule has 0 saturated carbocycles. The second-order valence-electron chi connectivity index (χ2n) is 5.45. The van der Waals surface area contributed by atoms with Crippen LogP contribution >= 0.6 is 0 Å². The van der Waals surface area contributed by atoms with Crippen molar-refractivity contribution < 1.29 is 8.42 Å². The summed E-state index contributed by atoms with van der Waals surface area (Å²) in [6.45, 7) is 5.38. The van der Waals surface area contributed by atoms with E-state index in [1.54, 1.807) is 4.31 Å². The predicted molar refractivity (Wildman–Crippen MR) is 68.1 cm³/mol. The van der Waals surface area contributed by atoms with Gasteiger partial charge in [-0.1, -0.05) is 0 Å². The van der Waals surface area contributed by atoms with E-state index in [1.807, 2.05) is 0 Å². The fraction of sp³-hybridized carbons (Fsp3) is 1.00. The highest BCUT2D eigenvalue weighted by Gasteiger charge is 2.31. The van der Waals surface area contributed by atoms with E-state index in [0.29, 0.717) is 24.9 Å². The fourth-order valence-corrected chi connectivity index (χ4v) is 3.76. The second kappa shape index (κ2) is 5.22. The summed E-state index contributed by atoms with van der Waals surface area (Å²) in [7, 11) is -3.00. The van der Waals surface area contributed by atoms with Gasteiger partial charge in [-0.25, -0.2) is 12.7 Å². The first-order valence-corrected chi connectivity index (χ1v) is 8.21. The van der Waals surface area contributed by atoms with Gasteiger partial charge in [-0.2, -0.15) is 0 Å². The maximum atomic E-state index is 11.5. The van der Waals surface area contributed by atoms with Crippen molar-refractivity contribution in [2.75, 3.05) is 45.5 Å². The van der Waals surface area contributed by atoms with Crippen LogP contribution in [0.3, 0.4) is 0 Å². The summed E-state index contributed by atoms with van der Waals surface area (Å²) >= 11 is 0. The SMILES string of the molecule is CS(=O)(=O)N1CCCC(CN2CC(CN)C2)C1. The van der Waals surface area contributed by atoms with Crippen LogP contribution in [0.1, 0.15) is 12.8 Å². The summed E-state index contributed by atoms with van der Waals surface area (Å²) in [5, 5.41) is 0. The van der Waals surface area contributed by atoms with Gasteiger partial charge in [0.2, 0.25) is 10.0 Å². The molecule has 100 valence electrons. The Bertz CT molecular complexity index is 352. The summed E-state index contributed by atoms with van der Waals surface area (Å²) in [6.07, 6.45) is 3.45. The minimum atomic E-state index is -3.00. The Kier molecular flexibility index (Phi) is 4.07. The molecule has 2 N–H and O–H groups in total. The van der Waals surface area contributed by atoms with E-state index in [-0.39, 0.29) is 0 Å². The molecule has 0 spiro atoms. The molecule has 0 aliphatic carbocycles. The number of likely N-dealkylation sites (tertiary alicyclic amines) is 1. The molecule has 2 heterocycles. The second-order valence-corrected chi connectivity index (χ2v) is 7.43. The third-order valence-corrected chi connectivity index (χ3v) is 5.10. The van der Waals surface area contributed by atoms with Gasteiger partial charge in [-0.05, 0) is 31.2 Å². The van der Waals surface area contributed by atoms with Gasteiger partial charge in [0.15, 0.2) is 0 Å². The molecule has 2 rings (SSSR count). The van der Waals surface area contributed by atoms with E-state index < -0.39 is 10.0 Å². The molecule has 2 aliphatic heterocycles. The van der Waals surface area contributed by atoms with Crippen LogP contribution in [0.25, 0.3) is 0 Å². The molecule has 0 amide bonds. The summed E-state index contributed by atoms with van der Waals surface area (Å²) < 4.78 is 24.6. The lowest BCUT2D eigenvalue weighted by Gasteiger charge is -2.42. The Morgan fingerprint density at radius 3 is 2.53 bits per heavy atom. The van der Waals surface area contributed by atoms with Gasteiger partial charge >= 0.3 is 0 Å². The van der Waals surface area contributed by atoms with Crippen LogP contribution in [0.4, 0.5) is 0 Å². The Balaban J connectivity index is 1.79. The zero-order chi connectivity index (χ0) is 12.5. The Labute approximate surface area is 104 Å². The van der Waals surface area contributed by atoms with Crippen LogP contribution in [-0.2, 0) is 10.0 Å². The van der Waals surface area contributed by atoms with Crippen LogP contribution in [0.2, 0.25) is 0 Å². The van der Waals surface area contributed by atoms with E-state index in [2.05, 4.69) is 4.90 Å². The molecule has 6 heteroatoms. The molecule has 1 atom stereocenters. The lowest BCUT2D eigenvalue weighted by molar-refractivity contribution is 0.0731. The first-order chi connectivity index (χ1) is 7.99. The molecule has 2 aliphatic rings. The zero-order valence-corrected chi connectivity index (χ0v) is 11.3. The minimum Gasteiger partial charge on any atom is -0.330 e. The monoisotopic (exact) mass is 261 g/mol. The van der Waals surface area contributed by atoms with E-state index in [4.69, 9.17) is 5.73 Å². The smallest absolute Gasteiger partial charge is 0.211 e. The molecule has 2 saturated heterocycles. The lowest BCUT2D eigenvalue weighted by Crippen LogP contribution is -2.53. The summed E-state index contributed by atoms with van der Waals surface area (Å²) in [5.74, 6) is 1.15. The Morgan fingerprint density at radius 2 is 1.94 bits per heavy atom. The topological polar surface area (TPSA) is 66.6 Å². The van der Waals surface area contributed by atoms with Gasteiger partial charge in [0, 0.05) is 32.7 Å². The number of rotatable bonds is 4. The Morgan fingerprint density at radius 1 is 1.24 bits per heavy atom. The first kappa shape index (κ1) is 13.3. The standard InChI is InChI=1S/C11H23N3O2S/c1-17(15,16)14-4-2-3-10(9-14)6-13-7-11(5-12)8-13/h10-11H,2-9,12H2,1H3. The molecule has 17 heavy (non-hydrogen) atoms. The van der Waals surface area contributed by atoms with E-state index in [1.165, 1.54) is 6.26 Å². The van der Waals surface area contributed by atoms with Crippen molar-refractivity contribution in [3.63, 3.8) is 0 Å². The minimum absolute atomic E-state index is 0.497. The average Bonchev–Trinajstić information content (AvgIpc) is 2.22. The van der Waals surface area contributed by atoms with E-state index in [9.17, 15) is 8.42 Å². The molecule has 0 aromatic heterocycles. The van der Waals surface area contributed by atoms with Crippen molar-refractivity contribution in [2.24, 2.45) is 17.6 Å². The fourth-order valence-electron chi connectivity index (χ4n) is 2.82. The highest BCUT2D eigenvalue weighted by molar-refractivity contribution is 7.88. The number of sulfonamides is 1. The number of hydrogen-bond acceptors (Lipinski definition) is 4. The van der Waals surface area contributed by atoms with Gasteiger partial charge < -0.3 is 10.6 Å². The molecular formula is C11H23N3O2S. The van der Waals surface area contributed by atoms with Crippen LogP contribution in [-0.4, -0.2) is 63.1 Å². The summed E-state index contributed by atoms with van der Waals surface area (Å²) in [4.78, 5) is 2.40. The van der Waals surface area contributed by atoms with Crippen LogP contribution < -0.4 is 5.73 Å². The van der Waals surface area contributed by atoms with Crippen molar-refractivity contribution in [3.05, 3.63) is 0 Å². The first-order valence-electron chi connectivity index (χ1n) is 6.36. The normalized spacial score (nSPS) is 29.2.